The van der Waals surface area contributed by atoms with Crippen molar-refractivity contribution in [2.24, 2.45) is 5.73 Å². The van der Waals surface area contributed by atoms with Gasteiger partial charge in [-0.05, 0) is 24.1 Å². The Balaban J connectivity index is 1.88. The van der Waals surface area contributed by atoms with Gasteiger partial charge in [-0.1, -0.05) is 12.1 Å². The molecule has 0 aromatic heterocycles. The van der Waals surface area contributed by atoms with Gasteiger partial charge < -0.3 is 20.1 Å². The van der Waals surface area contributed by atoms with Gasteiger partial charge in [0.05, 0.1) is 14.2 Å². The highest BCUT2D eigenvalue weighted by Gasteiger charge is 2.27. The van der Waals surface area contributed by atoms with Crippen LogP contribution in [-0.2, 0) is 0 Å². The Hall–Kier alpha value is -2.27. The minimum Gasteiger partial charge on any atom is -0.497 e. The molecule has 0 amide bonds. The molecule has 2 atom stereocenters. The molecule has 128 valence electrons. The van der Waals surface area contributed by atoms with E-state index in [4.69, 9.17) is 15.2 Å². The van der Waals surface area contributed by atoms with Crippen LogP contribution in [0.2, 0.25) is 0 Å². The average molecular weight is 330 g/mol. The van der Waals surface area contributed by atoms with Gasteiger partial charge in [0, 0.05) is 48.9 Å². The van der Waals surface area contributed by atoms with E-state index in [-0.39, 0.29) is 17.8 Å². The predicted molar refractivity (Wildman–Crippen MR) is 93.5 cm³/mol. The maximum absolute atomic E-state index is 13.6. The van der Waals surface area contributed by atoms with Crippen molar-refractivity contribution in [3.63, 3.8) is 0 Å². The minimum atomic E-state index is -0.207. The third-order valence-corrected chi connectivity index (χ3v) is 4.50. The number of piperidine rings is 1. The third-order valence-electron chi connectivity index (χ3n) is 4.50. The molecule has 1 fully saturated rings. The number of anilines is 1. The van der Waals surface area contributed by atoms with E-state index in [1.807, 2.05) is 24.3 Å². The Morgan fingerprint density at radius 2 is 1.75 bits per heavy atom. The highest BCUT2D eigenvalue weighted by molar-refractivity contribution is 5.56. The zero-order valence-electron chi connectivity index (χ0n) is 14.0. The first-order valence-electron chi connectivity index (χ1n) is 8.08. The van der Waals surface area contributed by atoms with E-state index in [9.17, 15) is 4.39 Å². The van der Waals surface area contributed by atoms with E-state index in [2.05, 4.69) is 4.90 Å². The van der Waals surface area contributed by atoms with Crippen LogP contribution in [0, 0.1) is 5.82 Å². The smallest absolute Gasteiger partial charge is 0.124 e. The van der Waals surface area contributed by atoms with Crippen molar-refractivity contribution in [3.05, 3.63) is 53.8 Å². The SMILES string of the molecule is COc1cc(OC)cc(N2CC(N)CC(c3cccc(F)c3)C2)c1. The van der Waals surface area contributed by atoms with Crippen molar-refractivity contribution in [2.75, 3.05) is 32.2 Å². The van der Waals surface area contributed by atoms with Crippen LogP contribution in [0.25, 0.3) is 0 Å². The quantitative estimate of drug-likeness (QED) is 0.935. The molecule has 1 saturated heterocycles. The van der Waals surface area contributed by atoms with E-state index in [1.54, 1.807) is 26.4 Å². The van der Waals surface area contributed by atoms with Crippen LogP contribution in [0.4, 0.5) is 10.1 Å². The van der Waals surface area contributed by atoms with E-state index in [1.165, 1.54) is 6.07 Å². The fraction of sp³-hybridized carbons (Fsp3) is 0.368. The Morgan fingerprint density at radius 1 is 1.04 bits per heavy atom. The van der Waals surface area contributed by atoms with E-state index in [0.29, 0.717) is 0 Å². The van der Waals surface area contributed by atoms with Crippen LogP contribution in [0.5, 0.6) is 11.5 Å². The molecule has 2 aromatic rings. The predicted octanol–water partition coefficient (Wildman–Crippen LogP) is 3.16. The topological polar surface area (TPSA) is 47.7 Å². The van der Waals surface area contributed by atoms with Crippen molar-refractivity contribution in [1.29, 1.82) is 0 Å². The molecule has 0 radical (unpaired) electrons. The van der Waals surface area contributed by atoms with Crippen LogP contribution in [0.15, 0.2) is 42.5 Å². The highest BCUT2D eigenvalue weighted by Crippen LogP contribution is 2.34. The molecule has 0 saturated carbocycles. The lowest BCUT2D eigenvalue weighted by Gasteiger charge is -2.38. The molecule has 24 heavy (non-hydrogen) atoms. The van der Waals surface area contributed by atoms with Crippen LogP contribution < -0.4 is 20.1 Å². The molecule has 0 bridgehead atoms. The summed E-state index contributed by atoms with van der Waals surface area (Å²) in [5.41, 5.74) is 8.26. The number of ether oxygens (including phenoxy) is 2. The van der Waals surface area contributed by atoms with Crippen LogP contribution in [0.3, 0.4) is 0 Å². The Bertz CT molecular complexity index is 685. The molecule has 4 nitrogen and oxygen atoms in total. The van der Waals surface area contributed by atoms with Crippen molar-refractivity contribution in [3.8, 4) is 11.5 Å². The molecule has 1 aliphatic heterocycles. The van der Waals surface area contributed by atoms with Crippen LogP contribution in [-0.4, -0.2) is 33.4 Å². The first kappa shape index (κ1) is 16.6. The Labute approximate surface area is 142 Å². The molecule has 1 heterocycles. The summed E-state index contributed by atoms with van der Waals surface area (Å²) < 4.78 is 24.3. The van der Waals surface area contributed by atoms with Gasteiger partial charge in [0.15, 0.2) is 0 Å². The summed E-state index contributed by atoms with van der Waals surface area (Å²) >= 11 is 0. The Kier molecular flexibility index (Phi) is 4.90. The van der Waals surface area contributed by atoms with Crippen molar-refractivity contribution in [1.82, 2.24) is 0 Å². The highest BCUT2D eigenvalue weighted by atomic mass is 19.1. The molecule has 0 spiro atoms. The maximum atomic E-state index is 13.6. The molecule has 2 unspecified atom stereocenters. The number of nitrogens with two attached hydrogens (primary N) is 1. The standard InChI is InChI=1S/C19H23FN2O2/c1-23-18-8-17(9-19(10-18)24-2)22-11-14(7-16(21)12-22)13-4-3-5-15(20)6-13/h3-6,8-10,14,16H,7,11-12,21H2,1-2H3. The molecular formula is C19H23FN2O2. The largest absolute Gasteiger partial charge is 0.497 e. The Morgan fingerprint density at radius 3 is 2.38 bits per heavy atom. The summed E-state index contributed by atoms with van der Waals surface area (Å²) in [6.45, 7) is 1.54. The monoisotopic (exact) mass is 330 g/mol. The number of hydrogen-bond acceptors (Lipinski definition) is 4. The average Bonchev–Trinajstić information content (AvgIpc) is 2.60. The molecule has 1 aliphatic rings. The van der Waals surface area contributed by atoms with Crippen molar-refractivity contribution >= 4 is 5.69 Å². The lowest BCUT2D eigenvalue weighted by atomic mass is 9.88. The number of hydrogen-bond donors (Lipinski definition) is 1. The van der Waals surface area contributed by atoms with Gasteiger partial charge in [-0.15, -0.1) is 0 Å². The van der Waals surface area contributed by atoms with Crippen LogP contribution >= 0.6 is 0 Å². The lowest BCUT2D eigenvalue weighted by molar-refractivity contribution is 0.393. The molecule has 0 aliphatic carbocycles. The van der Waals surface area contributed by atoms with Gasteiger partial charge in [-0.25, -0.2) is 4.39 Å². The minimum absolute atomic E-state index is 0.0317. The molecule has 2 aromatic carbocycles. The second-order valence-electron chi connectivity index (χ2n) is 6.22. The van der Waals surface area contributed by atoms with E-state index >= 15 is 0 Å². The fourth-order valence-corrected chi connectivity index (χ4v) is 3.33. The summed E-state index contributed by atoms with van der Waals surface area (Å²) in [5, 5.41) is 0. The van der Waals surface area contributed by atoms with Gasteiger partial charge in [-0.3, -0.25) is 0 Å². The number of halogens is 1. The number of nitrogens with zero attached hydrogens (tertiary/aromatic N) is 1. The van der Waals surface area contributed by atoms with Gasteiger partial charge in [0.2, 0.25) is 0 Å². The number of rotatable bonds is 4. The van der Waals surface area contributed by atoms with Gasteiger partial charge >= 0.3 is 0 Å². The van der Waals surface area contributed by atoms with Gasteiger partial charge in [0.25, 0.3) is 0 Å². The van der Waals surface area contributed by atoms with Crippen molar-refractivity contribution < 1.29 is 13.9 Å². The maximum Gasteiger partial charge on any atom is 0.124 e. The molecule has 3 rings (SSSR count). The second kappa shape index (κ2) is 7.09. The first-order chi connectivity index (χ1) is 11.6. The zero-order valence-corrected chi connectivity index (χ0v) is 14.0. The molecule has 5 heteroatoms. The van der Waals surface area contributed by atoms with E-state index in [0.717, 1.165) is 42.3 Å². The van der Waals surface area contributed by atoms with Gasteiger partial charge in [-0.2, -0.15) is 0 Å². The first-order valence-corrected chi connectivity index (χ1v) is 8.08. The number of benzene rings is 2. The molecular weight excluding hydrogens is 307 g/mol. The van der Waals surface area contributed by atoms with E-state index < -0.39 is 0 Å². The zero-order chi connectivity index (χ0) is 17.1. The number of methoxy groups -OCH3 is 2. The summed E-state index contributed by atoms with van der Waals surface area (Å²) in [6, 6.07) is 12.6. The third kappa shape index (κ3) is 3.62. The van der Waals surface area contributed by atoms with Crippen molar-refractivity contribution in [2.45, 2.75) is 18.4 Å². The summed E-state index contributed by atoms with van der Waals surface area (Å²) in [7, 11) is 3.27. The van der Waals surface area contributed by atoms with Gasteiger partial charge in [0.1, 0.15) is 17.3 Å². The summed E-state index contributed by atoms with van der Waals surface area (Å²) in [5.74, 6) is 1.47. The second-order valence-corrected chi connectivity index (χ2v) is 6.22. The van der Waals surface area contributed by atoms with Crippen LogP contribution in [0.1, 0.15) is 17.9 Å². The summed E-state index contributed by atoms with van der Waals surface area (Å²) in [6.07, 6.45) is 0.848. The molecule has 2 N–H and O–H groups in total. The lowest BCUT2D eigenvalue weighted by Crippen LogP contribution is -2.46. The normalized spacial score (nSPS) is 20.8. The summed E-state index contributed by atoms with van der Waals surface area (Å²) in [4.78, 5) is 2.22. The fourth-order valence-electron chi connectivity index (χ4n) is 3.33.